The number of aryl methyl sites for hydroxylation is 2. The minimum absolute atomic E-state index is 0.0440. The van der Waals surface area contributed by atoms with Gasteiger partial charge in [-0.2, -0.15) is 0 Å². The lowest BCUT2D eigenvalue weighted by atomic mass is 10.1. The summed E-state index contributed by atoms with van der Waals surface area (Å²) in [7, 11) is 2.98. The number of benzene rings is 1. The average Bonchev–Trinajstić information content (AvgIpc) is 3.08. The van der Waals surface area contributed by atoms with Crippen LogP contribution in [0, 0.1) is 0 Å². The number of amides is 1. The van der Waals surface area contributed by atoms with E-state index >= 15 is 0 Å². The van der Waals surface area contributed by atoms with Gasteiger partial charge in [0, 0.05) is 31.9 Å². The number of aromatic nitrogens is 4. The summed E-state index contributed by atoms with van der Waals surface area (Å²) in [4.78, 5) is 52.7. The van der Waals surface area contributed by atoms with Crippen LogP contribution in [0.2, 0.25) is 0 Å². The van der Waals surface area contributed by atoms with Gasteiger partial charge in [0.1, 0.15) is 0 Å². The number of carbonyl (C=O) groups excluding carboxylic acids is 2. The summed E-state index contributed by atoms with van der Waals surface area (Å²) in [5, 5.41) is 3.25. The number of carbonyl (C=O) groups is 2. The molecule has 0 unspecified atom stereocenters. The van der Waals surface area contributed by atoms with E-state index in [0.29, 0.717) is 34.1 Å². The molecular weight excluding hydrogens is 394 g/mol. The molecule has 10 heteroatoms. The molecule has 1 aromatic carbocycles. The van der Waals surface area contributed by atoms with Gasteiger partial charge >= 0.3 is 5.69 Å². The summed E-state index contributed by atoms with van der Waals surface area (Å²) in [6, 6.07) is 6.63. The number of hydrogen-bond acceptors (Lipinski definition) is 6. The second-order valence-electron chi connectivity index (χ2n) is 6.49. The number of hydrogen-bond donors (Lipinski definition) is 1. The molecule has 9 nitrogen and oxygen atoms in total. The van der Waals surface area contributed by atoms with E-state index in [1.54, 1.807) is 35.9 Å². The fourth-order valence-electron chi connectivity index (χ4n) is 2.95. The van der Waals surface area contributed by atoms with Crippen molar-refractivity contribution in [1.82, 2.24) is 18.7 Å². The summed E-state index contributed by atoms with van der Waals surface area (Å²) < 4.78 is 4.07. The van der Waals surface area contributed by atoms with Crippen LogP contribution in [0.1, 0.15) is 24.2 Å². The Hall–Kier alpha value is -3.14. The van der Waals surface area contributed by atoms with Crippen molar-refractivity contribution in [3.05, 3.63) is 50.7 Å². The molecule has 1 N–H and O–H groups in total. The van der Waals surface area contributed by atoms with Gasteiger partial charge in [-0.05, 0) is 38.1 Å². The highest BCUT2D eigenvalue weighted by atomic mass is 32.2. The molecule has 29 heavy (non-hydrogen) atoms. The molecule has 3 aromatic rings. The summed E-state index contributed by atoms with van der Waals surface area (Å²) in [5.41, 5.74) is 0.912. The largest absolute Gasteiger partial charge is 0.332 e. The quantitative estimate of drug-likeness (QED) is 0.481. The van der Waals surface area contributed by atoms with Gasteiger partial charge in [-0.15, -0.1) is 0 Å². The molecule has 0 aliphatic heterocycles. The monoisotopic (exact) mass is 415 g/mol. The van der Waals surface area contributed by atoms with E-state index in [0.717, 1.165) is 4.57 Å². The van der Waals surface area contributed by atoms with Crippen LogP contribution in [0.5, 0.6) is 0 Å². The minimum Gasteiger partial charge on any atom is -0.325 e. The van der Waals surface area contributed by atoms with Crippen molar-refractivity contribution < 1.29 is 9.59 Å². The summed E-state index contributed by atoms with van der Waals surface area (Å²) in [6.07, 6.45) is 0. The molecule has 2 heterocycles. The fourth-order valence-corrected chi connectivity index (χ4v) is 3.81. The number of nitrogens with zero attached hydrogens (tertiary/aromatic N) is 4. The first-order valence-corrected chi connectivity index (χ1v) is 9.93. The maximum atomic E-state index is 12.5. The molecule has 3 rings (SSSR count). The summed E-state index contributed by atoms with van der Waals surface area (Å²) >= 11 is 1.18. The maximum absolute atomic E-state index is 12.5. The number of imidazole rings is 1. The number of Topliss-reactive ketones (excluding diaryl/α,β-unsaturated/α-hetero) is 1. The number of ketones is 1. The molecule has 152 valence electrons. The van der Waals surface area contributed by atoms with Gasteiger partial charge < -0.3 is 9.88 Å². The van der Waals surface area contributed by atoms with E-state index in [2.05, 4.69) is 10.3 Å². The molecule has 0 aliphatic carbocycles. The molecule has 2 aromatic heterocycles. The van der Waals surface area contributed by atoms with Crippen LogP contribution in [0.4, 0.5) is 5.69 Å². The first kappa shape index (κ1) is 20.6. The molecule has 0 radical (unpaired) electrons. The molecule has 0 fully saturated rings. The van der Waals surface area contributed by atoms with Crippen LogP contribution < -0.4 is 16.6 Å². The highest BCUT2D eigenvalue weighted by Crippen LogP contribution is 2.22. The van der Waals surface area contributed by atoms with Crippen LogP contribution in [-0.4, -0.2) is 36.1 Å². The Kier molecular flexibility index (Phi) is 5.73. The van der Waals surface area contributed by atoms with Crippen LogP contribution >= 0.6 is 11.8 Å². The Morgan fingerprint density at radius 1 is 1.10 bits per heavy atom. The average molecular weight is 415 g/mol. The van der Waals surface area contributed by atoms with Crippen LogP contribution in [-0.2, 0) is 25.4 Å². The predicted octanol–water partition coefficient (Wildman–Crippen LogP) is 1.39. The van der Waals surface area contributed by atoms with Crippen LogP contribution in [0.25, 0.3) is 11.2 Å². The molecule has 0 saturated carbocycles. The fraction of sp³-hybridized carbons (Fsp3) is 0.316. The van der Waals surface area contributed by atoms with Crippen molar-refractivity contribution in [1.29, 1.82) is 0 Å². The van der Waals surface area contributed by atoms with Crippen molar-refractivity contribution in [2.75, 3.05) is 11.1 Å². The Labute approximate surface area is 170 Å². The first-order valence-electron chi connectivity index (χ1n) is 8.94. The molecule has 0 spiro atoms. The third kappa shape index (κ3) is 3.88. The van der Waals surface area contributed by atoms with E-state index in [9.17, 15) is 19.2 Å². The van der Waals surface area contributed by atoms with Crippen molar-refractivity contribution in [2.24, 2.45) is 14.1 Å². The lowest BCUT2D eigenvalue weighted by molar-refractivity contribution is -0.113. The summed E-state index contributed by atoms with van der Waals surface area (Å²) in [5.74, 6) is -0.217. The van der Waals surface area contributed by atoms with Crippen LogP contribution in [0.3, 0.4) is 0 Å². The minimum atomic E-state index is -0.452. The number of nitrogens with one attached hydrogen (secondary N) is 1. The van der Waals surface area contributed by atoms with Gasteiger partial charge in [0.15, 0.2) is 22.1 Å². The van der Waals surface area contributed by atoms with Crippen molar-refractivity contribution in [3.63, 3.8) is 0 Å². The topological polar surface area (TPSA) is 108 Å². The second-order valence-corrected chi connectivity index (χ2v) is 7.43. The van der Waals surface area contributed by atoms with E-state index in [1.165, 1.54) is 30.3 Å². The zero-order chi connectivity index (χ0) is 21.3. The number of fused-ring (bicyclic) bond motifs is 1. The standard InChI is InChI=1S/C19H21N5O4S/c1-5-24-15-16(22(3)19(28)23(4)17(15)27)21-18(24)29-10-14(26)20-13-8-6-12(7-9-13)11(2)25/h6-9H,5,10H2,1-4H3,(H,20,26). The highest BCUT2D eigenvalue weighted by molar-refractivity contribution is 7.99. The smallest absolute Gasteiger partial charge is 0.325 e. The summed E-state index contributed by atoms with van der Waals surface area (Å²) in [6.45, 7) is 3.82. The van der Waals surface area contributed by atoms with Crippen molar-refractivity contribution >= 4 is 40.3 Å². The normalized spacial score (nSPS) is 11.0. The Bertz CT molecular complexity index is 1220. The maximum Gasteiger partial charge on any atom is 0.332 e. The third-order valence-corrected chi connectivity index (χ3v) is 5.51. The third-order valence-electron chi connectivity index (χ3n) is 4.54. The van der Waals surface area contributed by atoms with E-state index in [1.807, 2.05) is 6.92 Å². The molecular formula is C19H21N5O4S. The molecule has 1 amide bonds. The van der Waals surface area contributed by atoms with Gasteiger partial charge in [-0.3, -0.25) is 23.5 Å². The van der Waals surface area contributed by atoms with Crippen LogP contribution in [0.15, 0.2) is 39.0 Å². The van der Waals surface area contributed by atoms with E-state index < -0.39 is 11.2 Å². The number of anilines is 1. The second kappa shape index (κ2) is 8.08. The van der Waals surface area contributed by atoms with E-state index in [4.69, 9.17) is 0 Å². The van der Waals surface area contributed by atoms with Gasteiger partial charge in [-0.1, -0.05) is 11.8 Å². The number of thioether (sulfide) groups is 1. The zero-order valence-electron chi connectivity index (χ0n) is 16.6. The van der Waals surface area contributed by atoms with Gasteiger partial charge in [0.25, 0.3) is 5.56 Å². The van der Waals surface area contributed by atoms with Crippen molar-refractivity contribution in [3.8, 4) is 0 Å². The molecule has 0 atom stereocenters. The molecule has 0 bridgehead atoms. The Morgan fingerprint density at radius 3 is 2.34 bits per heavy atom. The SMILES string of the molecule is CCn1c(SCC(=O)Nc2ccc(C(C)=O)cc2)nc2c1c(=O)n(C)c(=O)n2C. The van der Waals surface area contributed by atoms with Gasteiger partial charge in [0.2, 0.25) is 5.91 Å². The Balaban J connectivity index is 1.81. The van der Waals surface area contributed by atoms with E-state index in [-0.39, 0.29) is 17.4 Å². The van der Waals surface area contributed by atoms with Crippen molar-refractivity contribution in [2.45, 2.75) is 25.5 Å². The number of rotatable bonds is 6. The first-order chi connectivity index (χ1) is 13.7. The lowest BCUT2D eigenvalue weighted by Crippen LogP contribution is -2.37. The lowest BCUT2D eigenvalue weighted by Gasteiger charge is -2.07. The molecule has 0 saturated heterocycles. The predicted molar refractivity (Wildman–Crippen MR) is 112 cm³/mol. The van der Waals surface area contributed by atoms with Gasteiger partial charge in [-0.25, -0.2) is 9.78 Å². The Morgan fingerprint density at radius 2 is 1.76 bits per heavy atom. The van der Waals surface area contributed by atoms with Gasteiger partial charge in [0.05, 0.1) is 5.75 Å². The zero-order valence-corrected chi connectivity index (χ0v) is 17.4. The highest BCUT2D eigenvalue weighted by Gasteiger charge is 2.19. The molecule has 0 aliphatic rings.